The minimum atomic E-state index is -3.88. The molecule has 114 valence electrons. The van der Waals surface area contributed by atoms with Gasteiger partial charge in [-0.15, -0.1) is 0 Å². The summed E-state index contributed by atoms with van der Waals surface area (Å²) in [5.41, 5.74) is 5.60. The molecule has 0 spiro atoms. The number of nitrogens with one attached hydrogen (secondary N) is 1. The lowest BCUT2D eigenvalue weighted by atomic mass is 10.3. The molecule has 1 unspecified atom stereocenters. The molecule has 0 aliphatic heterocycles. The van der Waals surface area contributed by atoms with Crippen LogP contribution in [-0.2, 0) is 10.0 Å². The van der Waals surface area contributed by atoms with Gasteiger partial charge in [0.25, 0.3) is 0 Å². The Morgan fingerprint density at radius 3 is 2.45 bits per heavy atom. The minimum Gasteiger partial charge on any atom is -0.399 e. The van der Waals surface area contributed by atoms with Crippen LogP contribution in [-0.4, -0.2) is 39.0 Å². The van der Waals surface area contributed by atoms with Crippen molar-refractivity contribution in [3.63, 3.8) is 0 Å². The van der Waals surface area contributed by atoms with E-state index in [1.807, 2.05) is 13.8 Å². The molecule has 1 aromatic carbocycles. The van der Waals surface area contributed by atoms with E-state index in [2.05, 4.69) is 9.62 Å². The maximum atomic E-state index is 13.7. The quantitative estimate of drug-likeness (QED) is 0.747. The molecule has 0 saturated heterocycles. The minimum absolute atomic E-state index is 0.192. The number of nitrogens with zero attached hydrogens (tertiary/aromatic N) is 1. The number of sulfonamides is 1. The third-order valence-corrected chi connectivity index (χ3v) is 4.65. The van der Waals surface area contributed by atoms with Crippen LogP contribution < -0.4 is 10.5 Å². The Morgan fingerprint density at radius 2 is 1.95 bits per heavy atom. The van der Waals surface area contributed by atoms with Crippen molar-refractivity contribution in [1.82, 2.24) is 9.62 Å². The normalized spacial score (nSPS) is 13.7. The van der Waals surface area contributed by atoms with Gasteiger partial charge < -0.3 is 10.6 Å². The van der Waals surface area contributed by atoms with Crippen molar-refractivity contribution < 1.29 is 12.8 Å². The molecule has 0 bridgehead atoms. The fourth-order valence-electron chi connectivity index (χ4n) is 1.97. The number of rotatable bonds is 7. The zero-order chi connectivity index (χ0) is 15.3. The van der Waals surface area contributed by atoms with Crippen molar-refractivity contribution >= 4 is 15.7 Å². The number of halogens is 1. The maximum Gasteiger partial charge on any atom is 0.243 e. The number of anilines is 1. The monoisotopic (exact) mass is 303 g/mol. The second kappa shape index (κ2) is 7.01. The average molecular weight is 303 g/mol. The summed E-state index contributed by atoms with van der Waals surface area (Å²) in [6, 6.07) is 3.24. The Morgan fingerprint density at radius 1 is 1.35 bits per heavy atom. The zero-order valence-corrected chi connectivity index (χ0v) is 12.9. The van der Waals surface area contributed by atoms with E-state index in [0.29, 0.717) is 6.54 Å². The van der Waals surface area contributed by atoms with Crippen LogP contribution in [0.2, 0.25) is 0 Å². The van der Waals surface area contributed by atoms with Crippen molar-refractivity contribution in [2.45, 2.75) is 31.7 Å². The SMILES string of the molecule is CCN(CC)CC(C)NS(=O)(=O)c1ccc(N)cc1F. The molecule has 1 atom stereocenters. The lowest BCUT2D eigenvalue weighted by molar-refractivity contribution is 0.282. The van der Waals surface area contributed by atoms with Crippen LogP contribution >= 0.6 is 0 Å². The summed E-state index contributed by atoms with van der Waals surface area (Å²) in [7, 11) is -3.88. The van der Waals surface area contributed by atoms with Gasteiger partial charge in [0.05, 0.1) is 0 Å². The smallest absolute Gasteiger partial charge is 0.243 e. The van der Waals surface area contributed by atoms with Gasteiger partial charge in [0.15, 0.2) is 0 Å². The number of nitrogens with two attached hydrogens (primary N) is 1. The summed E-state index contributed by atoms with van der Waals surface area (Å²) in [6.45, 7) is 8.00. The van der Waals surface area contributed by atoms with Crippen LogP contribution in [0, 0.1) is 5.82 Å². The van der Waals surface area contributed by atoms with Gasteiger partial charge in [-0.25, -0.2) is 17.5 Å². The Balaban J connectivity index is 2.84. The van der Waals surface area contributed by atoms with E-state index in [4.69, 9.17) is 5.73 Å². The van der Waals surface area contributed by atoms with Gasteiger partial charge in [0.1, 0.15) is 10.7 Å². The van der Waals surface area contributed by atoms with E-state index < -0.39 is 15.8 Å². The first-order valence-electron chi connectivity index (χ1n) is 6.59. The first-order chi connectivity index (χ1) is 9.30. The highest BCUT2D eigenvalue weighted by Crippen LogP contribution is 2.17. The number of hydrogen-bond donors (Lipinski definition) is 2. The van der Waals surface area contributed by atoms with Gasteiger partial charge in [-0.1, -0.05) is 13.8 Å². The van der Waals surface area contributed by atoms with Gasteiger partial charge in [0, 0.05) is 18.3 Å². The van der Waals surface area contributed by atoms with Gasteiger partial charge in [-0.3, -0.25) is 0 Å². The predicted octanol–water partition coefficient (Wildman–Crippen LogP) is 1.42. The molecule has 0 saturated carbocycles. The molecule has 1 rings (SSSR count). The molecule has 0 aromatic heterocycles. The van der Waals surface area contributed by atoms with E-state index in [1.54, 1.807) is 6.92 Å². The fraction of sp³-hybridized carbons (Fsp3) is 0.538. The van der Waals surface area contributed by atoms with Gasteiger partial charge in [-0.2, -0.15) is 0 Å². The third kappa shape index (κ3) is 4.43. The predicted molar refractivity (Wildman–Crippen MR) is 78.4 cm³/mol. The topological polar surface area (TPSA) is 75.4 Å². The standard InChI is InChI=1S/C13H22FN3O2S/c1-4-17(5-2)9-10(3)16-20(18,19)13-7-6-11(15)8-12(13)14/h6-8,10,16H,4-5,9,15H2,1-3H3. The van der Waals surface area contributed by atoms with Crippen molar-refractivity contribution in [3.05, 3.63) is 24.0 Å². The first kappa shape index (κ1) is 16.9. The zero-order valence-electron chi connectivity index (χ0n) is 12.1. The molecule has 1 aromatic rings. The molecule has 0 aliphatic rings. The molecule has 20 heavy (non-hydrogen) atoms. The fourth-order valence-corrected chi connectivity index (χ4v) is 3.26. The highest BCUT2D eigenvalue weighted by Gasteiger charge is 2.22. The molecule has 7 heteroatoms. The summed E-state index contributed by atoms with van der Waals surface area (Å²) < 4.78 is 40.4. The van der Waals surface area contributed by atoms with Gasteiger partial charge >= 0.3 is 0 Å². The van der Waals surface area contributed by atoms with E-state index in [-0.39, 0.29) is 16.6 Å². The summed E-state index contributed by atoms with van der Waals surface area (Å²) in [6.07, 6.45) is 0. The van der Waals surface area contributed by atoms with Crippen molar-refractivity contribution in [2.24, 2.45) is 0 Å². The van der Waals surface area contributed by atoms with Crippen LogP contribution in [0.15, 0.2) is 23.1 Å². The molecule has 0 amide bonds. The van der Waals surface area contributed by atoms with E-state index in [1.165, 1.54) is 12.1 Å². The third-order valence-electron chi connectivity index (χ3n) is 3.03. The van der Waals surface area contributed by atoms with Crippen LogP contribution in [0.4, 0.5) is 10.1 Å². The lowest BCUT2D eigenvalue weighted by Gasteiger charge is -2.23. The molecular weight excluding hydrogens is 281 g/mol. The summed E-state index contributed by atoms with van der Waals surface area (Å²) in [5.74, 6) is -0.840. The van der Waals surface area contributed by atoms with Gasteiger partial charge in [-0.05, 0) is 38.2 Å². The summed E-state index contributed by atoms with van der Waals surface area (Å²) in [5, 5.41) is 0. The van der Waals surface area contributed by atoms with Crippen LogP contribution in [0.5, 0.6) is 0 Å². The molecule has 0 heterocycles. The second-order valence-electron chi connectivity index (χ2n) is 4.70. The van der Waals surface area contributed by atoms with Gasteiger partial charge in [0.2, 0.25) is 10.0 Å². The van der Waals surface area contributed by atoms with Crippen LogP contribution in [0.3, 0.4) is 0 Å². The van der Waals surface area contributed by atoms with Crippen LogP contribution in [0.25, 0.3) is 0 Å². The van der Waals surface area contributed by atoms with E-state index in [9.17, 15) is 12.8 Å². The highest BCUT2D eigenvalue weighted by atomic mass is 32.2. The van der Waals surface area contributed by atoms with E-state index >= 15 is 0 Å². The average Bonchev–Trinajstić information content (AvgIpc) is 2.34. The largest absolute Gasteiger partial charge is 0.399 e. The van der Waals surface area contributed by atoms with Crippen molar-refractivity contribution in [3.8, 4) is 0 Å². The van der Waals surface area contributed by atoms with Crippen molar-refractivity contribution in [2.75, 3.05) is 25.4 Å². The number of benzene rings is 1. The number of hydrogen-bond acceptors (Lipinski definition) is 4. The van der Waals surface area contributed by atoms with E-state index in [0.717, 1.165) is 19.2 Å². The second-order valence-corrected chi connectivity index (χ2v) is 6.38. The van der Waals surface area contributed by atoms with Crippen LogP contribution in [0.1, 0.15) is 20.8 Å². The molecule has 0 radical (unpaired) electrons. The summed E-state index contributed by atoms with van der Waals surface area (Å²) >= 11 is 0. The summed E-state index contributed by atoms with van der Waals surface area (Å²) in [4.78, 5) is 1.71. The molecular formula is C13H22FN3O2S. The lowest BCUT2D eigenvalue weighted by Crippen LogP contribution is -2.42. The van der Waals surface area contributed by atoms with Crippen molar-refractivity contribution in [1.29, 1.82) is 0 Å². The Labute approximate surface area is 120 Å². The number of likely N-dealkylation sites (N-methyl/N-ethyl adjacent to an activating group) is 1. The number of nitrogen functional groups attached to an aromatic ring is 1. The Hall–Kier alpha value is -1.18. The Bertz CT molecular complexity index is 545. The highest BCUT2D eigenvalue weighted by molar-refractivity contribution is 7.89. The maximum absolute atomic E-state index is 13.7. The molecule has 5 nitrogen and oxygen atoms in total. The Kier molecular flexibility index (Phi) is 5.91. The molecule has 3 N–H and O–H groups in total. The molecule has 0 fully saturated rings. The first-order valence-corrected chi connectivity index (χ1v) is 8.08. The molecule has 0 aliphatic carbocycles.